The van der Waals surface area contributed by atoms with E-state index in [1.54, 1.807) is 6.07 Å². The molecule has 78 valence electrons. The Morgan fingerprint density at radius 2 is 2.20 bits per heavy atom. The van der Waals surface area contributed by atoms with Crippen LogP contribution in [0, 0.1) is 12.7 Å². The Morgan fingerprint density at radius 1 is 1.47 bits per heavy atom. The second-order valence-electron chi connectivity index (χ2n) is 3.25. The number of anilines is 1. The summed E-state index contributed by atoms with van der Waals surface area (Å²) in [7, 11) is 0. The van der Waals surface area contributed by atoms with Gasteiger partial charge in [-0.25, -0.2) is 4.39 Å². The molecule has 5 heteroatoms. The maximum absolute atomic E-state index is 13.6. The summed E-state index contributed by atoms with van der Waals surface area (Å²) in [4.78, 5) is 0. The molecule has 0 radical (unpaired) electrons. The lowest BCUT2D eigenvalue weighted by molar-refractivity contribution is 0.631. The zero-order chi connectivity index (χ0) is 11.0. The molecular weight excluding hydrogens is 217 g/mol. The summed E-state index contributed by atoms with van der Waals surface area (Å²) >= 11 is 6.02. The van der Waals surface area contributed by atoms with Crippen LogP contribution in [0.5, 0.6) is 0 Å². The van der Waals surface area contributed by atoms with E-state index in [-0.39, 0.29) is 0 Å². The van der Waals surface area contributed by atoms with Gasteiger partial charge in [-0.1, -0.05) is 17.7 Å². The molecule has 0 saturated carbocycles. The van der Waals surface area contributed by atoms with E-state index in [9.17, 15) is 4.39 Å². The first-order valence-corrected chi connectivity index (χ1v) is 4.73. The minimum absolute atomic E-state index is 0.294. The Morgan fingerprint density at radius 3 is 2.80 bits per heavy atom. The molecule has 15 heavy (non-hydrogen) atoms. The van der Waals surface area contributed by atoms with Crippen molar-refractivity contribution in [2.45, 2.75) is 6.92 Å². The van der Waals surface area contributed by atoms with E-state index in [2.05, 4.69) is 10.2 Å². The predicted octanol–water partition coefficient (Wildman–Crippen LogP) is 2.76. The maximum atomic E-state index is 13.6. The maximum Gasteiger partial charge on any atom is 0.132 e. The van der Waals surface area contributed by atoms with Crippen LogP contribution in [0.15, 0.2) is 18.3 Å². The minimum atomic E-state index is -0.404. The molecule has 0 spiro atoms. The molecule has 0 aliphatic heterocycles. The van der Waals surface area contributed by atoms with E-state index in [4.69, 9.17) is 17.3 Å². The number of halogens is 2. The smallest absolute Gasteiger partial charge is 0.132 e. The number of nitrogens with zero attached hydrogens (tertiary/aromatic N) is 1. The van der Waals surface area contributed by atoms with Crippen LogP contribution >= 0.6 is 11.6 Å². The number of hydrogen-bond acceptors (Lipinski definition) is 2. The molecule has 0 aliphatic carbocycles. The second-order valence-corrected chi connectivity index (χ2v) is 3.63. The predicted molar refractivity (Wildman–Crippen MR) is 58.1 cm³/mol. The first-order chi connectivity index (χ1) is 7.11. The highest BCUT2D eigenvalue weighted by molar-refractivity contribution is 6.34. The van der Waals surface area contributed by atoms with E-state index >= 15 is 0 Å². The summed E-state index contributed by atoms with van der Waals surface area (Å²) in [6.07, 6.45) is 1.46. The molecule has 0 atom stereocenters. The number of aromatic nitrogens is 2. The molecule has 3 N–H and O–H groups in total. The van der Waals surface area contributed by atoms with Gasteiger partial charge in [0.25, 0.3) is 0 Å². The third kappa shape index (κ3) is 1.57. The van der Waals surface area contributed by atoms with Gasteiger partial charge in [0.2, 0.25) is 0 Å². The molecule has 1 aromatic heterocycles. The first-order valence-electron chi connectivity index (χ1n) is 4.35. The highest BCUT2D eigenvalue weighted by atomic mass is 35.5. The summed E-state index contributed by atoms with van der Waals surface area (Å²) in [6.45, 7) is 1.81. The largest absolute Gasteiger partial charge is 0.384 e. The summed E-state index contributed by atoms with van der Waals surface area (Å²) in [5.74, 6) is -0.0971. The van der Waals surface area contributed by atoms with Gasteiger partial charge in [-0.2, -0.15) is 5.10 Å². The average Bonchev–Trinajstić information content (AvgIpc) is 2.60. The number of nitrogens with two attached hydrogens (primary N) is 1. The van der Waals surface area contributed by atoms with Crippen LogP contribution in [0.25, 0.3) is 11.1 Å². The number of nitrogen functional groups attached to an aromatic ring is 1. The van der Waals surface area contributed by atoms with Crippen molar-refractivity contribution in [2.75, 3.05) is 5.73 Å². The summed E-state index contributed by atoms with van der Waals surface area (Å²) in [5.41, 5.74) is 7.20. The first kappa shape index (κ1) is 9.98. The zero-order valence-electron chi connectivity index (χ0n) is 8.01. The van der Waals surface area contributed by atoms with Crippen LogP contribution in [0.3, 0.4) is 0 Å². The number of hydrogen-bond donors (Lipinski definition) is 2. The van der Waals surface area contributed by atoms with Crippen LogP contribution in [0.4, 0.5) is 10.2 Å². The highest BCUT2D eigenvalue weighted by Crippen LogP contribution is 2.34. The van der Waals surface area contributed by atoms with Gasteiger partial charge in [0.1, 0.15) is 11.6 Å². The van der Waals surface area contributed by atoms with Crippen molar-refractivity contribution in [1.29, 1.82) is 0 Å². The van der Waals surface area contributed by atoms with Gasteiger partial charge in [-0.05, 0) is 18.6 Å². The number of aryl methyl sites for hydroxylation is 1. The lowest BCUT2D eigenvalue weighted by atomic mass is 10.1. The number of rotatable bonds is 1. The Bertz CT molecular complexity index is 507. The van der Waals surface area contributed by atoms with Crippen LogP contribution in [0.2, 0.25) is 5.02 Å². The molecule has 2 rings (SSSR count). The molecular formula is C10H9ClFN3. The van der Waals surface area contributed by atoms with Crippen molar-refractivity contribution in [3.05, 3.63) is 34.7 Å². The normalized spacial score (nSPS) is 10.6. The summed E-state index contributed by atoms with van der Waals surface area (Å²) < 4.78 is 13.6. The number of benzene rings is 1. The van der Waals surface area contributed by atoms with Crippen molar-refractivity contribution in [3.8, 4) is 11.1 Å². The fourth-order valence-electron chi connectivity index (χ4n) is 1.40. The van der Waals surface area contributed by atoms with Crippen molar-refractivity contribution in [1.82, 2.24) is 10.2 Å². The topological polar surface area (TPSA) is 54.7 Å². The Labute approximate surface area is 91.1 Å². The Hall–Kier alpha value is -1.55. The molecule has 0 unspecified atom stereocenters. The van der Waals surface area contributed by atoms with E-state index in [0.717, 1.165) is 5.56 Å². The Kier molecular flexibility index (Phi) is 2.36. The van der Waals surface area contributed by atoms with Crippen molar-refractivity contribution in [2.24, 2.45) is 0 Å². The summed E-state index contributed by atoms with van der Waals surface area (Å²) in [5, 5.41) is 6.64. The second kappa shape index (κ2) is 3.55. The SMILES string of the molecule is Cc1ccc(F)c(-c2cn[nH]c2N)c1Cl. The van der Waals surface area contributed by atoms with Gasteiger partial charge in [0.05, 0.1) is 11.2 Å². The molecule has 2 aromatic rings. The lowest BCUT2D eigenvalue weighted by Gasteiger charge is -2.06. The average molecular weight is 226 g/mol. The van der Waals surface area contributed by atoms with Crippen LogP contribution in [-0.2, 0) is 0 Å². The quantitative estimate of drug-likeness (QED) is 0.784. The van der Waals surface area contributed by atoms with Crippen LogP contribution in [-0.4, -0.2) is 10.2 Å². The molecule has 0 saturated heterocycles. The van der Waals surface area contributed by atoms with Crippen molar-refractivity contribution >= 4 is 17.4 Å². The van der Waals surface area contributed by atoms with E-state index in [0.29, 0.717) is 22.0 Å². The molecule has 0 aliphatic rings. The van der Waals surface area contributed by atoms with E-state index < -0.39 is 5.82 Å². The van der Waals surface area contributed by atoms with Crippen molar-refractivity contribution < 1.29 is 4.39 Å². The van der Waals surface area contributed by atoms with Crippen LogP contribution < -0.4 is 5.73 Å². The highest BCUT2D eigenvalue weighted by Gasteiger charge is 2.15. The fraction of sp³-hybridized carbons (Fsp3) is 0.100. The number of aromatic amines is 1. The molecule has 1 heterocycles. The van der Waals surface area contributed by atoms with Gasteiger partial charge < -0.3 is 5.73 Å². The monoisotopic (exact) mass is 225 g/mol. The van der Waals surface area contributed by atoms with Gasteiger partial charge in [-0.3, -0.25) is 5.10 Å². The third-order valence-electron chi connectivity index (χ3n) is 2.22. The standard InChI is InChI=1S/C10H9ClFN3/c1-5-2-3-7(12)8(9(5)11)6-4-14-15-10(6)13/h2-4H,1H3,(H3,13,14,15). The third-order valence-corrected chi connectivity index (χ3v) is 2.71. The molecule has 0 bridgehead atoms. The van der Waals surface area contributed by atoms with Gasteiger partial charge in [-0.15, -0.1) is 0 Å². The number of H-pyrrole nitrogens is 1. The molecule has 3 nitrogen and oxygen atoms in total. The molecule has 0 amide bonds. The van der Waals surface area contributed by atoms with Gasteiger partial charge in [0.15, 0.2) is 0 Å². The fourth-order valence-corrected chi connectivity index (χ4v) is 1.65. The van der Waals surface area contributed by atoms with Gasteiger partial charge in [0, 0.05) is 11.1 Å². The van der Waals surface area contributed by atoms with E-state index in [1.807, 2.05) is 6.92 Å². The summed E-state index contributed by atoms with van der Waals surface area (Å²) in [6, 6.07) is 2.99. The Balaban J connectivity index is 2.72. The number of nitrogens with one attached hydrogen (secondary N) is 1. The lowest BCUT2D eigenvalue weighted by Crippen LogP contribution is -1.92. The van der Waals surface area contributed by atoms with Crippen molar-refractivity contribution in [3.63, 3.8) is 0 Å². The zero-order valence-corrected chi connectivity index (χ0v) is 8.77. The molecule has 1 aromatic carbocycles. The van der Waals surface area contributed by atoms with Crippen LogP contribution in [0.1, 0.15) is 5.56 Å². The molecule has 0 fully saturated rings. The minimum Gasteiger partial charge on any atom is -0.384 e. The van der Waals surface area contributed by atoms with E-state index in [1.165, 1.54) is 12.3 Å². The van der Waals surface area contributed by atoms with Gasteiger partial charge >= 0.3 is 0 Å².